The van der Waals surface area contributed by atoms with Gasteiger partial charge in [-0.2, -0.15) is 0 Å². The van der Waals surface area contributed by atoms with Gasteiger partial charge in [0, 0.05) is 38.4 Å². The van der Waals surface area contributed by atoms with Crippen LogP contribution in [0.4, 0.5) is 10.2 Å². The van der Waals surface area contributed by atoms with E-state index in [1.165, 1.54) is 12.7 Å². The molecule has 2 unspecified atom stereocenters. The normalized spacial score (nSPS) is 18.9. The number of anilines is 1. The van der Waals surface area contributed by atoms with Crippen molar-refractivity contribution in [1.29, 1.82) is 0 Å². The lowest BCUT2D eigenvalue weighted by Gasteiger charge is -2.34. The molecule has 2 atom stereocenters. The number of pyridine rings is 1. The first-order valence-electron chi connectivity index (χ1n) is 14.3. The first-order chi connectivity index (χ1) is 18.2. The highest BCUT2D eigenvalue weighted by molar-refractivity contribution is 5.85. The molecule has 1 fully saturated rings. The average Bonchev–Trinajstić information content (AvgIpc) is 2.88. The van der Waals surface area contributed by atoms with Gasteiger partial charge in [0.15, 0.2) is 0 Å². The van der Waals surface area contributed by atoms with Crippen molar-refractivity contribution in [3.8, 4) is 0 Å². The van der Waals surface area contributed by atoms with Crippen molar-refractivity contribution in [1.82, 2.24) is 15.2 Å². The SMILES string of the molecule is COCC(F)CN(CCCCc1ccc2c(n1)NCCC2)CCC(NC(=O)C1CCC(C)(C)CC1)C(=O)O. The molecule has 8 nitrogen and oxygen atoms in total. The quantitative estimate of drug-likeness (QED) is 0.289. The first-order valence-corrected chi connectivity index (χ1v) is 14.3. The van der Waals surface area contributed by atoms with E-state index in [0.717, 1.165) is 75.8 Å². The maximum atomic E-state index is 14.4. The van der Waals surface area contributed by atoms with Crippen molar-refractivity contribution < 1.29 is 23.8 Å². The zero-order valence-corrected chi connectivity index (χ0v) is 23.4. The van der Waals surface area contributed by atoms with Crippen molar-refractivity contribution in [2.24, 2.45) is 11.3 Å². The molecule has 0 saturated heterocycles. The maximum Gasteiger partial charge on any atom is 0.326 e. The summed E-state index contributed by atoms with van der Waals surface area (Å²) in [4.78, 5) is 31.4. The Labute approximate surface area is 227 Å². The molecule has 1 aliphatic carbocycles. The fraction of sp³-hybridized carbons (Fsp3) is 0.759. The number of carbonyl (C=O) groups excluding carboxylic acids is 1. The van der Waals surface area contributed by atoms with E-state index >= 15 is 0 Å². The Morgan fingerprint density at radius 2 is 2.03 bits per heavy atom. The fourth-order valence-corrected chi connectivity index (χ4v) is 5.48. The zero-order valence-electron chi connectivity index (χ0n) is 23.4. The number of nitrogens with one attached hydrogen (secondary N) is 2. The number of carbonyl (C=O) groups is 2. The number of hydrogen-bond acceptors (Lipinski definition) is 6. The van der Waals surface area contributed by atoms with Gasteiger partial charge in [-0.1, -0.05) is 19.9 Å². The van der Waals surface area contributed by atoms with Gasteiger partial charge >= 0.3 is 5.97 Å². The van der Waals surface area contributed by atoms with Crippen molar-refractivity contribution >= 4 is 17.7 Å². The summed E-state index contributed by atoms with van der Waals surface area (Å²) in [6, 6.07) is 3.27. The van der Waals surface area contributed by atoms with Crippen LogP contribution in [0.2, 0.25) is 0 Å². The van der Waals surface area contributed by atoms with Crippen molar-refractivity contribution in [3.63, 3.8) is 0 Å². The van der Waals surface area contributed by atoms with E-state index in [9.17, 15) is 19.1 Å². The molecular weight excluding hydrogens is 487 g/mol. The number of aryl methyl sites for hydroxylation is 2. The predicted octanol–water partition coefficient (Wildman–Crippen LogP) is 4.22. The van der Waals surface area contributed by atoms with Gasteiger partial charge < -0.3 is 25.4 Å². The summed E-state index contributed by atoms with van der Waals surface area (Å²) in [7, 11) is 1.47. The largest absolute Gasteiger partial charge is 0.480 e. The van der Waals surface area contributed by atoms with Crippen LogP contribution in [0.1, 0.15) is 76.5 Å². The first kappa shape index (κ1) is 30.3. The summed E-state index contributed by atoms with van der Waals surface area (Å²) in [5.74, 6) is -0.358. The summed E-state index contributed by atoms with van der Waals surface area (Å²) in [5, 5.41) is 15.9. The van der Waals surface area contributed by atoms with Gasteiger partial charge in [0.05, 0.1) is 6.61 Å². The lowest BCUT2D eigenvalue weighted by atomic mass is 9.73. The number of ether oxygens (including phenoxy) is 1. The topological polar surface area (TPSA) is 104 Å². The number of nitrogens with zero attached hydrogens (tertiary/aromatic N) is 2. The van der Waals surface area contributed by atoms with E-state index in [2.05, 4.69) is 36.6 Å². The van der Waals surface area contributed by atoms with Crippen molar-refractivity contribution in [2.75, 3.05) is 45.2 Å². The summed E-state index contributed by atoms with van der Waals surface area (Å²) >= 11 is 0. The van der Waals surface area contributed by atoms with Gasteiger partial charge in [-0.25, -0.2) is 14.2 Å². The zero-order chi connectivity index (χ0) is 27.5. The van der Waals surface area contributed by atoms with E-state index in [0.29, 0.717) is 13.1 Å². The number of methoxy groups -OCH3 is 1. The molecule has 3 N–H and O–H groups in total. The van der Waals surface area contributed by atoms with E-state index in [-0.39, 0.29) is 36.8 Å². The molecule has 0 bridgehead atoms. The summed E-state index contributed by atoms with van der Waals surface area (Å²) in [5.41, 5.74) is 2.56. The number of hydrogen-bond donors (Lipinski definition) is 3. The Morgan fingerprint density at radius 1 is 1.26 bits per heavy atom. The van der Waals surface area contributed by atoms with E-state index in [4.69, 9.17) is 9.72 Å². The average molecular weight is 535 g/mol. The Kier molecular flexibility index (Phi) is 11.8. The van der Waals surface area contributed by atoms with Crippen LogP contribution in [0, 0.1) is 11.3 Å². The van der Waals surface area contributed by atoms with Gasteiger partial charge in [-0.15, -0.1) is 0 Å². The Morgan fingerprint density at radius 3 is 2.74 bits per heavy atom. The van der Waals surface area contributed by atoms with Crippen LogP contribution >= 0.6 is 0 Å². The highest BCUT2D eigenvalue weighted by Crippen LogP contribution is 2.38. The third-order valence-electron chi connectivity index (χ3n) is 7.97. The molecule has 1 aromatic rings. The molecule has 214 valence electrons. The lowest BCUT2D eigenvalue weighted by molar-refractivity contribution is -0.143. The molecule has 2 heterocycles. The standard InChI is InChI=1S/C29H47FN4O4/c1-29(2)14-11-22(12-15-29)27(35)33-25(28(36)37)13-18-34(19-23(30)20-38-3)17-5-4-8-24-10-9-21-7-6-16-31-26(21)32-24/h9-10,22-23,25H,4-8,11-20H2,1-3H3,(H,31,32)(H,33,35)(H,36,37). The Bertz CT molecular complexity index is 903. The number of amides is 1. The lowest BCUT2D eigenvalue weighted by Crippen LogP contribution is -2.46. The minimum atomic E-state index is -1.16. The van der Waals surface area contributed by atoms with Crippen LogP contribution in [0.25, 0.3) is 0 Å². The predicted molar refractivity (Wildman–Crippen MR) is 147 cm³/mol. The molecule has 1 aliphatic heterocycles. The minimum absolute atomic E-state index is 0.000329. The molecule has 0 radical (unpaired) electrons. The second-order valence-electron chi connectivity index (χ2n) is 11.8. The molecule has 9 heteroatoms. The van der Waals surface area contributed by atoms with Crippen molar-refractivity contribution in [2.45, 2.75) is 90.3 Å². The number of unbranched alkanes of at least 4 members (excludes halogenated alkanes) is 1. The molecule has 1 saturated carbocycles. The maximum absolute atomic E-state index is 14.4. The van der Waals surface area contributed by atoms with Crippen LogP contribution in [-0.2, 0) is 27.2 Å². The molecule has 3 rings (SSSR count). The van der Waals surface area contributed by atoms with Gasteiger partial charge in [0.2, 0.25) is 5.91 Å². The molecule has 1 aromatic heterocycles. The van der Waals surface area contributed by atoms with E-state index in [1.807, 2.05) is 4.90 Å². The number of aromatic nitrogens is 1. The molecule has 0 spiro atoms. The van der Waals surface area contributed by atoms with Crippen molar-refractivity contribution in [3.05, 3.63) is 23.4 Å². The number of carboxylic acids is 1. The Balaban J connectivity index is 1.48. The number of rotatable bonds is 15. The number of halogens is 1. The third kappa shape index (κ3) is 9.80. The smallest absolute Gasteiger partial charge is 0.326 e. The molecule has 1 amide bonds. The number of carboxylic acid groups (broad SMARTS) is 1. The van der Waals surface area contributed by atoms with Crippen LogP contribution in [0.15, 0.2) is 12.1 Å². The Hall–Kier alpha value is -2.26. The molecular formula is C29H47FN4O4. The van der Waals surface area contributed by atoms with Gasteiger partial charge in [0.25, 0.3) is 0 Å². The van der Waals surface area contributed by atoms with Crippen LogP contribution in [0.5, 0.6) is 0 Å². The van der Waals surface area contributed by atoms with Gasteiger partial charge in [-0.3, -0.25) is 4.79 Å². The number of aliphatic carboxylic acids is 1. The van der Waals surface area contributed by atoms with E-state index in [1.54, 1.807) is 0 Å². The number of fused-ring (bicyclic) bond motifs is 1. The fourth-order valence-electron chi connectivity index (χ4n) is 5.48. The second-order valence-corrected chi connectivity index (χ2v) is 11.8. The summed E-state index contributed by atoms with van der Waals surface area (Å²) in [6.07, 6.45) is 7.35. The second kappa shape index (κ2) is 14.8. The van der Waals surface area contributed by atoms with Crippen LogP contribution in [-0.4, -0.2) is 79.0 Å². The van der Waals surface area contributed by atoms with Crippen LogP contribution in [0.3, 0.4) is 0 Å². The third-order valence-corrected chi connectivity index (χ3v) is 7.97. The van der Waals surface area contributed by atoms with E-state index < -0.39 is 18.2 Å². The molecule has 2 aliphatic rings. The molecule has 38 heavy (non-hydrogen) atoms. The monoisotopic (exact) mass is 534 g/mol. The highest BCUT2D eigenvalue weighted by atomic mass is 19.1. The van der Waals surface area contributed by atoms with Gasteiger partial charge in [0.1, 0.15) is 18.0 Å². The van der Waals surface area contributed by atoms with Crippen LogP contribution < -0.4 is 10.6 Å². The highest BCUT2D eigenvalue weighted by Gasteiger charge is 2.32. The summed E-state index contributed by atoms with van der Waals surface area (Å²) in [6.45, 7) is 6.58. The number of alkyl halides is 1. The molecule has 0 aromatic carbocycles. The van der Waals surface area contributed by atoms with Gasteiger partial charge in [-0.05, 0) is 87.8 Å². The summed E-state index contributed by atoms with van der Waals surface area (Å²) < 4.78 is 19.4. The minimum Gasteiger partial charge on any atom is -0.480 e.